The number of carbonyl (C=O) groups is 1. The van der Waals surface area contributed by atoms with E-state index in [0.717, 1.165) is 0 Å². The van der Waals surface area contributed by atoms with E-state index < -0.39 is 64.1 Å². The smallest absolute Gasteiger partial charge is 0.323 e. The lowest BCUT2D eigenvalue weighted by atomic mass is 10.1. The van der Waals surface area contributed by atoms with E-state index in [-0.39, 0.29) is 85.8 Å². The molecule has 0 saturated heterocycles. The van der Waals surface area contributed by atoms with Crippen molar-refractivity contribution < 1.29 is 76.3 Å². The molecule has 0 heterocycles. The van der Waals surface area contributed by atoms with E-state index in [0.29, 0.717) is 110 Å². The lowest BCUT2D eigenvalue weighted by Gasteiger charge is -2.14. The number of benzene rings is 6. The van der Waals surface area contributed by atoms with Crippen molar-refractivity contribution >= 4 is 104 Å². The van der Waals surface area contributed by atoms with E-state index in [4.69, 9.17) is 33.0 Å². The first-order valence-corrected chi connectivity index (χ1v) is 34.4. The molecular weight excluding hydrogens is 1260 g/mol. The standard InChI is InChI=1S/C59H71N11O17S4/c1-9-82-43-15-17-45(55(33-43)84-19-11-23-88(60)72)63-67-51-35-57(86-21-13-25-90(76,77)78)53(31-41(51)7)69-65-49-29-37(3)47(27-39(49)5)61-59(71)62-48-28-40(6)50(30-38(48)4)66-70-54-32-42(8)52(36-58(54)87-22-14-26-91(79,80)81)68-64-46-18-16-44(83-10-2)34-56(46)85-20-12-24-89(73,74)75/h15-18,27-36H,9-14,19-26H2,1-8H3,(H2,61,62,71)(H,73,74,75)(H,76,77,78)(H,79,80,81)/b67-63-,68-64?,69-65+,70-66?. The summed E-state index contributed by atoms with van der Waals surface area (Å²) < 4.78 is 152. The molecule has 0 aliphatic heterocycles. The minimum absolute atomic E-state index is 0.00115. The number of aryl methyl sites for hydroxylation is 6. The third-order valence-corrected chi connectivity index (χ3v) is 15.9. The lowest BCUT2D eigenvalue weighted by Crippen LogP contribution is -2.20. The predicted molar refractivity (Wildman–Crippen MR) is 343 cm³/mol. The van der Waals surface area contributed by atoms with Crippen molar-refractivity contribution in [3.63, 3.8) is 0 Å². The third kappa shape index (κ3) is 23.9. The van der Waals surface area contributed by atoms with Gasteiger partial charge in [-0.05, 0) is 175 Å². The van der Waals surface area contributed by atoms with Gasteiger partial charge in [-0.3, -0.25) is 13.7 Å². The molecule has 32 heteroatoms. The maximum atomic E-state index is 13.6. The maximum Gasteiger partial charge on any atom is 0.323 e. The Hall–Kier alpha value is -8.75. The van der Waals surface area contributed by atoms with Gasteiger partial charge in [0.25, 0.3) is 30.4 Å². The van der Waals surface area contributed by atoms with Gasteiger partial charge < -0.3 is 39.1 Å². The van der Waals surface area contributed by atoms with E-state index in [9.17, 15) is 48.0 Å². The average molecular weight is 1330 g/mol. The van der Waals surface area contributed by atoms with Crippen LogP contribution in [0.25, 0.3) is 0 Å². The fraction of sp³-hybridized carbons (Fsp3) is 0.373. The average Bonchev–Trinajstić information content (AvgIpc) is 3.67. The SMILES string of the molecule is CCOc1ccc(N=Nc2cc(OCCCS(=O)(=O)O)c(N=Nc3cc(C)c(NC(=O)Nc4cc(C)c(/N=N/c5cc(C)c(/N=N\c6ccc(OCC)cc6OCCCS(#N)=O)cc5OCCCS(=O)(=O)O)cc4C)cc3C)cc2C)c(OCCCS(=O)(=O)O)c1. The number of amides is 2. The van der Waals surface area contributed by atoms with Gasteiger partial charge in [0.05, 0.1) is 85.4 Å². The summed E-state index contributed by atoms with van der Waals surface area (Å²) in [6.07, 6.45) is 0.200. The van der Waals surface area contributed by atoms with Crippen molar-refractivity contribution in [1.29, 1.82) is 4.61 Å². The number of nitrogens with zero attached hydrogens (tertiary/aromatic N) is 9. The second-order valence-electron chi connectivity index (χ2n) is 20.3. The number of carbonyl (C=O) groups excluding carboxylic acids is 1. The van der Waals surface area contributed by atoms with Crippen molar-refractivity contribution in [1.82, 2.24) is 0 Å². The van der Waals surface area contributed by atoms with E-state index in [1.807, 2.05) is 6.92 Å². The number of anilines is 2. The van der Waals surface area contributed by atoms with E-state index in [1.165, 1.54) is 6.07 Å². The molecule has 0 aliphatic rings. The highest BCUT2D eigenvalue weighted by Gasteiger charge is 2.18. The van der Waals surface area contributed by atoms with Crippen LogP contribution in [-0.2, 0) is 40.8 Å². The summed E-state index contributed by atoms with van der Waals surface area (Å²) in [6, 6.07) is 22.6. The van der Waals surface area contributed by atoms with Crippen molar-refractivity contribution in [2.45, 2.75) is 81.1 Å². The molecule has 6 aromatic rings. The molecule has 0 spiro atoms. The summed E-state index contributed by atoms with van der Waals surface area (Å²) in [5.74, 6) is 0.316. The Bertz CT molecular complexity index is 4220. The molecule has 2 amide bonds. The second-order valence-corrected chi connectivity index (χ2v) is 26.1. The fourth-order valence-corrected chi connectivity index (χ4v) is 10.1. The zero-order chi connectivity index (χ0) is 66.5. The first-order chi connectivity index (χ1) is 43.1. The molecular formula is C59H71N11O17S4. The van der Waals surface area contributed by atoms with Gasteiger partial charge in [0.2, 0.25) is 0 Å². The minimum Gasteiger partial charge on any atom is -0.494 e. The van der Waals surface area contributed by atoms with Crippen LogP contribution in [-0.4, -0.2) is 112 Å². The Labute approximate surface area is 529 Å². The molecule has 0 atom stereocenters. The number of hydrogen-bond donors (Lipinski definition) is 5. The van der Waals surface area contributed by atoms with E-state index in [1.54, 1.807) is 127 Å². The van der Waals surface area contributed by atoms with Crippen LogP contribution in [0.15, 0.2) is 126 Å². The van der Waals surface area contributed by atoms with Crippen molar-refractivity contribution in [3.05, 3.63) is 118 Å². The Balaban J connectivity index is 1.18. The Morgan fingerprint density at radius 2 is 0.714 bits per heavy atom. The lowest BCUT2D eigenvalue weighted by molar-refractivity contribution is 0.262. The van der Waals surface area contributed by atoms with Gasteiger partial charge in [0, 0.05) is 35.6 Å². The molecule has 0 radical (unpaired) electrons. The van der Waals surface area contributed by atoms with Gasteiger partial charge >= 0.3 is 6.03 Å². The van der Waals surface area contributed by atoms with Crippen LogP contribution in [0.2, 0.25) is 0 Å². The van der Waals surface area contributed by atoms with E-state index >= 15 is 0 Å². The number of nitrogens with one attached hydrogen (secondary N) is 2. The van der Waals surface area contributed by atoms with Crippen LogP contribution in [0.5, 0.6) is 34.5 Å². The Kier molecular flexibility index (Phi) is 26.1. The number of urea groups is 1. The van der Waals surface area contributed by atoms with Crippen molar-refractivity contribution in [3.8, 4) is 34.5 Å². The summed E-state index contributed by atoms with van der Waals surface area (Å²) in [7, 11) is -14.7. The Morgan fingerprint density at radius 1 is 0.418 bits per heavy atom. The first kappa shape index (κ1) is 71.3. The van der Waals surface area contributed by atoms with Gasteiger partial charge in [-0.15, -0.1) is 25.1 Å². The monoisotopic (exact) mass is 1330 g/mol. The van der Waals surface area contributed by atoms with Gasteiger partial charge in [0.1, 0.15) is 57.2 Å². The molecule has 0 bridgehead atoms. The van der Waals surface area contributed by atoms with Crippen LogP contribution in [0.3, 0.4) is 0 Å². The molecule has 6 aromatic carbocycles. The number of hydrogen-bond acceptors (Lipinski definition) is 23. The second kappa shape index (κ2) is 33.4. The first-order valence-electron chi connectivity index (χ1n) is 28.3. The highest BCUT2D eigenvalue weighted by Crippen LogP contribution is 2.42. The van der Waals surface area contributed by atoms with Gasteiger partial charge in [-0.25, -0.2) is 4.79 Å². The summed E-state index contributed by atoms with van der Waals surface area (Å²) in [4.78, 5) is 13.6. The molecule has 0 aromatic heterocycles. The zero-order valence-corrected chi connectivity index (χ0v) is 54.5. The summed E-state index contributed by atoms with van der Waals surface area (Å²) in [5, 5.41) is 41.5. The number of rotatable bonds is 33. The van der Waals surface area contributed by atoms with Crippen molar-refractivity contribution in [2.75, 3.05) is 73.3 Å². The molecule has 0 saturated carbocycles. The minimum atomic E-state index is -4.28. The highest BCUT2D eigenvalue weighted by atomic mass is 32.2. The summed E-state index contributed by atoms with van der Waals surface area (Å²) >= 11 is 0. The quantitative estimate of drug-likeness (QED) is 0.0145. The van der Waals surface area contributed by atoms with Gasteiger partial charge in [0.15, 0.2) is 10.4 Å². The molecule has 0 fully saturated rings. The van der Waals surface area contributed by atoms with E-state index in [2.05, 4.69) is 51.5 Å². The molecule has 0 unspecified atom stereocenters. The largest absolute Gasteiger partial charge is 0.494 e. The van der Waals surface area contributed by atoms with Crippen LogP contribution in [0.1, 0.15) is 72.9 Å². The summed E-state index contributed by atoms with van der Waals surface area (Å²) in [6.45, 7) is 14.8. The molecule has 91 heavy (non-hydrogen) atoms. The molecule has 0 aliphatic carbocycles. The van der Waals surface area contributed by atoms with Crippen LogP contribution in [0, 0.1) is 46.2 Å². The molecule has 6 rings (SSSR count). The molecule has 5 N–H and O–H groups in total. The van der Waals surface area contributed by atoms with Crippen LogP contribution in [0.4, 0.5) is 61.7 Å². The normalized spacial score (nSPS) is 12.1. The van der Waals surface area contributed by atoms with Gasteiger partial charge in [-0.2, -0.15) is 49.9 Å². The Morgan fingerprint density at radius 3 is 1.05 bits per heavy atom. The number of ether oxygens (including phenoxy) is 6. The third-order valence-electron chi connectivity index (χ3n) is 12.8. The van der Waals surface area contributed by atoms with Crippen LogP contribution >= 0.6 is 0 Å². The molecule has 28 nitrogen and oxygen atoms in total. The highest BCUT2D eigenvalue weighted by molar-refractivity contribution is 7.86. The zero-order valence-electron chi connectivity index (χ0n) is 51.2. The topological polar surface area (TPSA) is 399 Å². The van der Waals surface area contributed by atoms with Crippen molar-refractivity contribution in [2.24, 2.45) is 40.9 Å². The molecule has 488 valence electrons. The maximum absolute atomic E-state index is 13.6. The fourth-order valence-electron chi connectivity index (χ4n) is 8.25. The van der Waals surface area contributed by atoms with Gasteiger partial charge in [-0.1, -0.05) is 0 Å². The van der Waals surface area contributed by atoms with Crippen LogP contribution < -0.4 is 39.1 Å². The summed E-state index contributed by atoms with van der Waals surface area (Å²) in [5.41, 5.74) is 7.41. The predicted octanol–water partition coefficient (Wildman–Crippen LogP) is 14.6. The number of azo groups is 4.